The minimum atomic E-state index is -1.36. The fraction of sp³-hybridized carbons (Fsp3) is 0.286. The van der Waals surface area contributed by atoms with Gasteiger partial charge in [0.15, 0.2) is 0 Å². The maximum atomic E-state index is 8.73. The lowest BCUT2D eigenvalue weighted by Gasteiger charge is -2.06. The summed E-state index contributed by atoms with van der Waals surface area (Å²) in [6.07, 6.45) is 5.89. The molecule has 0 amide bonds. The maximum absolute atomic E-state index is 8.73. The summed E-state index contributed by atoms with van der Waals surface area (Å²) in [5.41, 5.74) is 1.49. The van der Waals surface area contributed by atoms with Crippen LogP contribution in [-0.4, -0.2) is 29.9 Å². The minimum Gasteiger partial charge on any atom is -0.423 e. The molecule has 0 spiro atoms. The van der Waals surface area contributed by atoms with Gasteiger partial charge in [0.2, 0.25) is 0 Å². The molecule has 1 aliphatic carbocycles. The predicted octanol–water partition coefficient (Wildman–Crippen LogP) is -0.0445. The van der Waals surface area contributed by atoms with E-state index in [9.17, 15) is 0 Å². The van der Waals surface area contributed by atoms with Crippen molar-refractivity contribution in [3.05, 3.63) is 23.7 Å². The first kappa shape index (κ1) is 8.23. The molecule has 0 aliphatic heterocycles. The summed E-state index contributed by atoms with van der Waals surface area (Å²) in [7, 11) is 0.359. The Morgan fingerprint density at radius 2 is 2.18 bits per heavy atom. The second kappa shape index (κ2) is 3.50. The average Bonchev–Trinajstić information content (AvgIpc) is 2.05. The van der Waals surface area contributed by atoms with Crippen LogP contribution in [0.25, 0.3) is 0 Å². The smallest absolute Gasteiger partial charge is 0.423 e. The van der Waals surface area contributed by atoms with Crippen LogP contribution in [-0.2, 0) is 0 Å². The second-order valence-electron chi connectivity index (χ2n) is 2.33. The third kappa shape index (κ3) is 2.03. The average molecular weight is 151 g/mol. The molecule has 0 unspecified atom stereocenters. The third-order valence-electron chi connectivity index (χ3n) is 1.60. The standard InChI is InChI=1S/C7H10BNO2/c1-9-7-4-2-6(3-5-7)8(10)11/h2-4,10-11H,5H2,1H3. The third-order valence-corrected chi connectivity index (χ3v) is 1.60. The Labute approximate surface area is 65.9 Å². The zero-order valence-corrected chi connectivity index (χ0v) is 6.36. The highest BCUT2D eigenvalue weighted by atomic mass is 16.4. The molecule has 0 aromatic carbocycles. The normalized spacial score (nSPS) is 20.3. The van der Waals surface area contributed by atoms with E-state index in [1.807, 2.05) is 0 Å². The van der Waals surface area contributed by atoms with Gasteiger partial charge in [0.05, 0.1) is 0 Å². The highest BCUT2D eigenvalue weighted by Gasteiger charge is 2.13. The summed E-state index contributed by atoms with van der Waals surface area (Å²) < 4.78 is 0. The summed E-state index contributed by atoms with van der Waals surface area (Å²) in [6.45, 7) is 0. The van der Waals surface area contributed by atoms with Crippen LogP contribution in [0.5, 0.6) is 0 Å². The lowest BCUT2D eigenvalue weighted by molar-refractivity contribution is 0.420. The number of allylic oxidation sites excluding steroid dienone is 4. The van der Waals surface area contributed by atoms with Crippen molar-refractivity contribution in [2.75, 3.05) is 7.05 Å². The van der Waals surface area contributed by atoms with Crippen molar-refractivity contribution in [1.82, 2.24) is 0 Å². The van der Waals surface area contributed by atoms with Crippen LogP contribution in [0.4, 0.5) is 0 Å². The van der Waals surface area contributed by atoms with Gasteiger partial charge in [-0.3, -0.25) is 4.99 Å². The van der Waals surface area contributed by atoms with Crippen LogP contribution in [0.15, 0.2) is 28.7 Å². The Morgan fingerprint density at radius 3 is 2.55 bits per heavy atom. The van der Waals surface area contributed by atoms with E-state index in [0.717, 1.165) is 5.71 Å². The molecule has 0 bridgehead atoms. The van der Waals surface area contributed by atoms with E-state index < -0.39 is 7.12 Å². The Bertz CT molecular complexity index is 231. The van der Waals surface area contributed by atoms with E-state index >= 15 is 0 Å². The molecule has 1 aliphatic rings. The number of hydrogen-bond acceptors (Lipinski definition) is 3. The molecule has 0 radical (unpaired) electrons. The molecule has 4 heteroatoms. The van der Waals surface area contributed by atoms with Crippen molar-refractivity contribution in [2.24, 2.45) is 4.99 Å². The molecule has 0 aromatic heterocycles. The van der Waals surface area contributed by atoms with Gasteiger partial charge in [-0.25, -0.2) is 0 Å². The largest absolute Gasteiger partial charge is 0.488 e. The molecule has 0 fully saturated rings. The van der Waals surface area contributed by atoms with Crippen LogP contribution in [0.2, 0.25) is 0 Å². The van der Waals surface area contributed by atoms with Crippen LogP contribution >= 0.6 is 0 Å². The second-order valence-corrected chi connectivity index (χ2v) is 2.33. The van der Waals surface area contributed by atoms with E-state index in [1.165, 1.54) is 0 Å². The van der Waals surface area contributed by atoms with Crippen LogP contribution in [0, 0.1) is 0 Å². The fourth-order valence-corrected chi connectivity index (χ4v) is 0.908. The predicted molar refractivity (Wildman–Crippen MR) is 45.4 cm³/mol. The zero-order chi connectivity index (χ0) is 8.27. The molecule has 0 heterocycles. The fourth-order valence-electron chi connectivity index (χ4n) is 0.908. The Morgan fingerprint density at radius 1 is 1.45 bits per heavy atom. The highest BCUT2D eigenvalue weighted by Crippen LogP contribution is 2.08. The molecule has 1 rings (SSSR count). The molecule has 3 nitrogen and oxygen atoms in total. The van der Waals surface area contributed by atoms with E-state index in [4.69, 9.17) is 10.0 Å². The summed E-state index contributed by atoms with van der Waals surface area (Å²) in [5.74, 6) is 0. The number of aliphatic imine (C=N–C) groups is 1. The minimum absolute atomic E-state index is 0.539. The van der Waals surface area contributed by atoms with Crippen LogP contribution in [0.1, 0.15) is 6.42 Å². The van der Waals surface area contributed by atoms with Gasteiger partial charge in [0.25, 0.3) is 0 Å². The van der Waals surface area contributed by atoms with Crippen molar-refractivity contribution in [1.29, 1.82) is 0 Å². The molecule has 2 N–H and O–H groups in total. The molecule has 0 saturated carbocycles. The summed E-state index contributed by atoms with van der Waals surface area (Å²) in [4.78, 5) is 3.96. The van der Waals surface area contributed by atoms with Crippen LogP contribution in [0.3, 0.4) is 0 Å². The SMILES string of the molecule is CN=C1C=CC(B(O)O)=CC1. The molecule has 0 saturated heterocycles. The Hall–Kier alpha value is -0.865. The van der Waals surface area contributed by atoms with E-state index in [0.29, 0.717) is 11.9 Å². The van der Waals surface area contributed by atoms with Crippen molar-refractivity contribution in [2.45, 2.75) is 6.42 Å². The van der Waals surface area contributed by atoms with Gasteiger partial charge in [-0.2, -0.15) is 0 Å². The Kier molecular flexibility index (Phi) is 2.62. The van der Waals surface area contributed by atoms with Crippen molar-refractivity contribution < 1.29 is 10.0 Å². The first-order chi connectivity index (χ1) is 5.24. The topological polar surface area (TPSA) is 52.8 Å². The molecule has 58 valence electrons. The zero-order valence-electron chi connectivity index (χ0n) is 6.36. The maximum Gasteiger partial charge on any atom is 0.488 e. The molecule has 11 heavy (non-hydrogen) atoms. The van der Waals surface area contributed by atoms with Gasteiger partial charge in [0, 0.05) is 19.2 Å². The van der Waals surface area contributed by atoms with Gasteiger partial charge < -0.3 is 10.0 Å². The first-order valence-corrected chi connectivity index (χ1v) is 3.44. The number of hydrogen-bond donors (Lipinski definition) is 2. The molecule has 0 atom stereocenters. The molecular formula is C7H10BNO2. The van der Waals surface area contributed by atoms with Gasteiger partial charge in [0.1, 0.15) is 0 Å². The lowest BCUT2D eigenvalue weighted by Crippen LogP contribution is -2.16. The van der Waals surface area contributed by atoms with Crippen molar-refractivity contribution >= 4 is 12.8 Å². The van der Waals surface area contributed by atoms with E-state index in [-0.39, 0.29) is 0 Å². The van der Waals surface area contributed by atoms with Crippen molar-refractivity contribution in [3.63, 3.8) is 0 Å². The Balaban J connectivity index is 2.67. The molecular weight excluding hydrogens is 141 g/mol. The van der Waals surface area contributed by atoms with Gasteiger partial charge in [-0.1, -0.05) is 12.2 Å². The van der Waals surface area contributed by atoms with Gasteiger partial charge in [-0.15, -0.1) is 0 Å². The quantitative estimate of drug-likeness (QED) is 0.516. The highest BCUT2D eigenvalue weighted by molar-refractivity contribution is 6.52. The van der Waals surface area contributed by atoms with Crippen LogP contribution < -0.4 is 0 Å². The van der Waals surface area contributed by atoms with Gasteiger partial charge in [-0.05, 0) is 11.5 Å². The number of nitrogens with zero attached hydrogens (tertiary/aromatic N) is 1. The van der Waals surface area contributed by atoms with E-state index in [2.05, 4.69) is 4.99 Å². The monoisotopic (exact) mass is 151 g/mol. The summed E-state index contributed by atoms with van der Waals surface area (Å²) >= 11 is 0. The van der Waals surface area contributed by atoms with E-state index in [1.54, 1.807) is 25.3 Å². The van der Waals surface area contributed by atoms with Crippen molar-refractivity contribution in [3.8, 4) is 0 Å². The number of rotatable bonds is 1. The molecule has 0 aromatic rings. The summed E-state index contributed by atoms with van der Waals surface area (Å²) in [6, 6.07) is 0. The lowest BCUT2D eigenvalue weighted by atomic mass is 9.76. The first-order valence-electron chi connectivity index (χ1n) is 3.44. The summed E-state index contributed by atoms with van der Waals surface area (Å²) in [5, 5.41) is 17.5. The van der Waals surface area contributed by atoms with Gasteiger partial charge >= 0.3 is 7.12 Å².